The van der Waals surface area contributed by atoms with Gasteiger partial charge in [0, 0.05) is 11.8 Å². The Labute approximate surface area is 113 Å². The Morgan fingerprint density at radius 3 is 3.11 bits per heavy atom. The second-order valence-corrected chi connectivity index (χ2v) is 5.89. The number of nitrogens with two attached hydrogens (primary N) is 1. The molecule has 1 aromatic rings. The molecule has 3 N–H and O–H groups in total. The van der Waals surface area contributed by atoms with Crippen LogP contribution in [-0.4, -0.2) is 24.2 Å². The van der Waals surface area contributed by atoms with Gasteiger partial charge in [-0.25, -0.2) is 0 Å². The molecule has 0 fully saturated rings. The van der Waals surface area contributed by atoms with Crippen molar-refractivity contribution in [1.82, 2.24) is 5.43 Å². The Hall–Kier alpha value is -0.550. The SMILES string of the molecule is CCSCC(CC1OCCc2ccccc21)NN. The van der Waals surface area contributed by atoms with Crippen LogP contribution in [0.25, 0.3) is 0 Å². The molecule has 1 heterocycles. The van der Waals surface area contributed by atoms with Crippen LogP contribution in [0.15, 0.2) is 24.3 Å². The van der Waals surface area contributed by atoms with E-state index >= 15 is 0 Å². The van der Waals surface area contributed by atoms with Gasteiger partial charge in [-0.05, 0) is 29.7 Å². The Morgan fingerprint density at radius 1 is 1.50 bits per heavy atom. The van der Waals surface area contributed by atoms with E-state index in [0.29, 0.717) is 6.04 Å². The molecule has 1 aromatic carbocycles. The van der Waals surface area contributed by atoms with Crippen molar-refractivity contribution in [2.75, 3.05) is 18.1 Å². The topological polar surface area (TPSA) is 47.3 Å². The van der Waals surface area contributed by atoms with Gasteiger partial charge < -0.3 is 4.74 Å². The monoisotopic (exact) mass is 266 g/mol. The zero-order valence-corrected chi connectivity index (χ0v) is 11.7. The summed E-state index contributed by atoms with van der Waals surface area (Å²) in [6, 6.07) is 8.89. The third-order valence-electron chi connectivity index (χ3n) is 3.35. The fraction of sp³-hybridized carbons (Fsp3) is 0.571. The van der Waals surface area contributed by atoms with Gasteiger partial charge in [0.25, 0.3) is 0 Å². The molecule has 3 nitrogen and oxygen atoms in total. The van der Waals surface area contributed by atoms with Crippen molar-refractivity contribution in [3.05, 3.63) is 35.4 Å². The Kier molecular flexibility index (Phi) is 5.50. The first-order valence-corrected chi connectivity index (χ1v) is 7.74. The molecular formula is C14H22N2OS. The number of hydrazine groups is 1. The van der Waals surface area contributed by atoms with Crippen molar-refractivity contribution in [3.8, 4) is 0 Å². The van der Waals surface area contributed by atoms with Gasteiger partial charge >= 0.3 is 0 Å². The number of nitrogens with one attached hydrogen (secondary N) is 1. The van der Waals surface area contributed by atoms with Crippen molar-refractivity contribution in [3.63, 3.8) is 0 Å². The van der Waals surface area contributed by atoms with Crippen LogP contribution in [0.5, 0.6) is 0 Å². The summed E-state index contributed by atoms with van der Waals surface area (Å²) in [6.45, 7) is 2.99. The highest BCUT2D eigenvalue weighted by molar-refractivity contribution is 7.99. The predicted octanol–water partition coefficient (Wildman–Crippen LogP) is 2.28. The van der Waals surface area contributed by atoms with Crippen LogP contribution in [0, 0.1) is 0 Å². The molecule has 100 valence electrons. The molecule has 18 heavy (non-hydrogen) atoms. The van der Waals surface area contributed by atoms with Crippen molar-refractivity contribution >= 4 is 11.8 Å². The lowest BCUT2D eigenvalue weighted by atomic mass is 9.94. The summed E-state index contributed by atoms with van der Waals surface area (Å²) >= 11 is 1.91. The van der Waals surface area contributed by atoms with Crippen molar-refractivity contribution in [2.24, 2.45) is 5.84 Å². The lowest BCUT2D eigenvalue weighted by Gasteiger charge is -2.29. The first-order chi connectivity index (χ1) is 8.85. The molecule has 2 atom stereocenters. The molecule has 4 heteroatoms. The average molecular weight is 266 g/mol. The summed E-state index contributed by atoms with van der Waals surface area (Å²) in [4.78, 5) is 0. The number of fused-ring (bicyclic) bond motifs is 1. The van der Waals surface area contributed by atoms with Gasteiger partial charge in [-0.2, -0.15) is 11.8 Å². The van der Waals surface area contributed by atoms with Crippen molar-refractivity contribution < 1.29 is 4.74 Å². The summed E-state index contributed by atoms with van der Waals surface area (Å²) in [7, 11) is 0. The minimum Gasteiger partial charge on any atom is -0.373 e. The highest BCUT2D eigenvalue weighted by atomic mass is 32.2. The fourth-order valence-corrected chi connectivity index (χ4v) is 3.13. The van der Waals surface area contributed by atoms with Gasteiger partial charge in [0.1, 0.15) is 0 Å². The molecule has 0 saturated carbocycles. The highest BCUT2D eigenvalue weighted by Crippen LogP contribution is 2.30. The number of ether oxygens (including phenoxy) is 1. The molecule has 0 bridgehead atoms. The second-order valence-electron chi connectivity index (χ2n) is 4.57. The van der Waals surface area contributed by atoms with Crippen LogP contribution >= 0.6 is 11.8 Å². The summed E-state index contributed by atoms with van der Waals surface area (Å²) < 4.78 is 5.91. The first kappa shape index (κ1) is 13.9. The van der Waals surface area contributed by atoms with Gasteiger partial charge in [-0.15, -0.1) is 0 Å². The fourth-order valence-electron chi connectivity index (χ4n) is 2.37. The van der Waals surface area contributed by atoms with Crippen LogP contribution < -0.4 is 11.3 Å². The molecular weight excluding hydrogens is 244 g/mol. The summed E-state index contributed by atoms with van der Waals surface area (Å²) in [5, 5.41) is 0. The van der Waals surface area contributed by atoms with E-state index in [1.54, 1.807) is 0 Å². The maximum Gasteiger partial charge on any atom is 0.0843 e. The van der Waals surface area contributed by atoms with Gasteiger partial charge in [0.2, 0.25) is 0 Å². The highest BCUT2D eigenvalue weighted by Gasteiger charge is 2.23. The second kappa shape index (κ2) is 7.14. The van der Waals surface area contributed by atoms with Crippen molar-refractivity contribution in [2.45, 2.75) is 31.9 Å². The number of thioether (sulfide) groups is 1. The standard InChI is InChI=1S/C14H22N2OS/c1-2-18-10-12(16-15)9-14-13-6-4-3-5-11(13)7-8-17-14/h3-6,12,14,16H,2,7-10,15H2,1H3. The zero-order valence-electron chi connectivity index (χ0n) is 10.9. The Balaban J connectivity index is 2.01. The molecule has 1 aliphatic rings. The van der Waals surface area contributed by atoms with Crippen LogP contribution in [0.2, 0.25) is 0 Å². The summed E-state index contributed by atoms with van der Waals surface area (Å²) in [5.74, 6) is 7.79. The maximum absolute atomic E-state index is 5.91. The van der Waals surface area contributed by atoms with E-state index in [4.69, 9.17) is 10.6 Å². The molecule has 0 aliphatic carbocycles. The van der Waals surface area contributed by atoms with Crippen LogP contribution in [-0.2, 0) is 11.2 Å². The minimum atomic E-state index is 0.188. The lowest BCUT2D eigenvalue weighted by molar-refractivity contribution is 0.0310. The largest absolute Gasteiger partial charge is 0.373 e. The van der Waals surface area contributed by atoms with E-state index in [1.165, 1.54) is 11.1 Å². The number of rotatable bonds is 6. The van der Waals surface area contributed by atoms with E-state index in [-0.39, 0.29) is 6.10 Å². The van der Waals surface area contributed by atoms with Gasteiger partial charge in [-0.1, -0.05) is 31.2 Å². The van der Waals surface area contributed by atoms with Gasteiger partial charge in [-0.3, -0.25) is 11.3 Å². The molecule has 2 unspecified atom stereocenters. The molecule has 0 amide bonds. The number of hydrogen-bond donors (Lipinski definition) is 2. The summed E-state index contributed by atoms with van der Waals surface area (Å²) in [5.41, 5.74) is 5.68. The summed E-state index contributed by atoms with van der Waals surface area (Å²) in [6.07, 6.45) is 2.16. The quantitative estimate of drug-likeness (QED) is 0.612. The van der Waals surface area contributed by atoms with Crippen molar-refractivity contribution in [1.29, 1.82) is 0 Å². The molecule has 0 aromatic heterocycles. The molecule has 2 rings (SSSR count). The molecule has 1 aliphatic heterocycles. The average Bonchev–Trinajstić information content (AvgIpc) is 2.43. The third kappa shape index (κ3) is 3.48. The van der Waals surface area contributed by atoms with E-state index in [9.17, 15) is 0 Å². The van der Waals surface area contributed by atoms with E-state index in [1.807, 2.05) is 11.8 Å². The maximum atomic E-state index is 5.91. The number of benzene rings is 1. The Bertz CT molecular complexity index is 373. The molecule has 0 spiro atoms. The van der Waals surface area contributed by atoms with Gasteiger partial charge in [0.05, 0.1) is 12.7 Å². The smallest absolute Gasteiger partial charge is 0.0843 e. The lowest BCUT2D eigenvalue weighted by Crippen LogP contribution is -2.39. The zero-order chi connectivity index (χ0) is 12.8. The van der Waals surface area contributed by atoms with Crippen LogP contribution in [0.1, 0.15) is 30.6 Å². The van der Waals surface area contributed by atoms with Crippen LogP contribution in [0.4, 0.5) is 0 Å². The van der Waals surface area contributed by atoms with E-state index in [2.05, 4.69) is 36.6 Å². The Morgan fingerprint density at radius 2 is 2.33 bits per heavy atom. The van der Waals surface area contributed by atoms with E-state index in [0.717, 1.165) is 31.0 Å². The predicted molar refractivity (Wildman–Crippen MR) is 77.6 cm³/mol. The first-order valence-electron chi connectivity index (χ1n) is 6.58. The normalized spacial score (nSPS) is 20.4. The van der Waals surface area contributed by atoms with Gasteiger partial charge in [0.15, 0.2) is 0 Å². The third-order valence-corrected chi connectivity index (χ3v) is 4.40. The molecule has 0 saturated heterocycles. The minimum absolute atomic E-state index is 0.188. The van der Waals surface area contributed by atoms with E-state index < -0.39 is 0 Å². The molecule has 0 radical (unpaired) electrons. The number of hydrogen-bond acceptors (Lipinski definition) is 4. The van der Waals surface area contributed by atoms with Crippen LogP contribution in [0.3, 0.4) is 0 Å².